The van der Waals surface area contributed by atoms with Gasteiger partial charge in [0, 0.05) is 0 Å². The Morgan fingerprint density at radius 2 is 1.95 bits per heavy atom. The number of rotatable bonds is 3. The Bertz CT molecular complexity index is 472. The van der Waals surface area contributed by atoms with E-state index in [1.54, 1.807) is 0 Å². The Morgan fingerprint density at radius 1 is 1.24 bits per heavy atom. The van der Waals surface area contributed by atoms with E-state index in [4.69, 9.17) is 4.84 Å². The third-order valence-electron chi connectivity index (χ3n) is 4.29. The van der Waals surface area contributed by atoms with Crippen molar-refractivity contribution in [1.29, 1.82) is 0 Å². The number of carbonyl (C=O) groups is 1. The van der Waals surface area contributed by atoms with Crippen LogP contribution in [0.5, 0.6) is 0 Å². The van der Waals surface area contributed by atoms with Gasteiger partial charge in [0.05, 0.1) is 19.2 Å². The van der Waals surface area contributed by atoms with Crippen molar-refractivity contribution in [2.75, 3.05) is 32.8 Å². The summed E-state index contributed by atoms with van der Waals surface area (Å²) in [5.41, 5.74) is 1.40. The van der Waals surface area contributed by atoms with Gasteiger partial charge in [-0.3, -0.25) is 14.5 Å². The predicted molar refractivity (Wildman–Crippen MR) is 78.5 cm³/mol. The van der Waals surface area contributed by atoms with Gasteiger partial charge in [0.15, 0.2) is 0 Å². The zero-order chi connectivity index (χ0) is 14.7. The van der Waals surface area contributed by atoms with Gasteiger partial charge in [-0.15, -0.1) is 0 Å². The highest BCUT2D eigenvalue weighted by Crippen LogP contribution is 2.27. The maximum atomic E-state index is 12.1. The van der Waals surface area contributed by atoms with E-state index in [0.717, 1.165) is 25.9 Å². The molecule has 2 fully saturated rings. The second kappa shape index (κ2) is 6.56. The van der Waals surface area contributed by atoms with Crippen molar-refractivity contribution in [3.8, 4) is 0 Å². The van der Waals surface area contributed by atoms with E-state index >= 15 is 0 Å². The number of carbonyl (C=O) groups excluding carboxylic acids is 1. The van der Waals surface area contributed by atoms with E-state index in [9.17, 15) is 9.90 Å². The van der Waals surface area contributed by atoms with Crippen LogP contribution in [0.4, 0.5) is 0 Å². The number of nitrogens with zero attached hydrogens (tertiary/aromatic N) is 2. The zero-order valence-corrected chi connectivity index (χ0v) is 12.1. The van der Waals surface area contributed by atoms with Gasteiger partial charge in [0.25, 0.3) is 5.91 Å². The van der Waals surface area contributed by atoms with Crippen molar-refractivity contribution < 1.29 is 14.7 Å². The lowest BCUT2D eigenvalue weighted by Crippen LogP contribution is -2.42. The summed E-state index contributed by atoms with van der Waals surface area (Å²) in [5.74, 6) is 0.548. The summed E-state index contributed by atoms with van der Waals surface area (Å²) in [6, 6.07) is 10.6. The Balaban J connectivity index is 1.47. The number of aliphatic hydroxyl groups excluding tert-OH is 1. The summed E-state index contributed by atoms with van der Waals surface area (Å²) < 4.78 is 0. The third kappa shape index (κ3) is 3.61. The lowest BCUT2D eigenvalue weighted by Gasteiger charge is -2.32. The van der Waals surface area contributed by atoms with Gasteiger partial charge in [0.1, 0.15) is 6.61 Å². The van der Waals surface area contributed by atoms with E-state index in [-0.39, 0.29) is 12.5 Å². The van der Waals surface area contributed by atoms with E-state index in [2.05, 4.69) is 29.2 Å². The fourth-order valence-electron chi connectivity index (χ4n) is 3.07. The van der Waals surface area contributed by atoms with Crippen LogP contribution in [-0.2, 0) is 9.63 Å². The molecule has 2 aliphatic heterocycles. The Labute approximate surface area is 125 Å². The summed E-state index contributed by atoms with van der Waals surface area (Å²) in [6.07, 6.45) is 1.62. The minimum absolute atomic E-state index is 0.0512. The molecule has 5 nitrogen and oxygen atoms in total. The van der Waals surface area contributed by atoms with Crippen LogP contribution in [-0.4, -0.2) is 59.9 Å². The number of benzene rings is 1. The van der Waals surface area contributed by atoms with E-state index in [1.165, 1.54) is 10.6 Å². The Morgan fingerprint density at radius 3 is 2.57 bits per heavy atom. The Kier molecular flexibility index (Phi) is 4.53. The quantitative estimate of drug-likeness (QED) is 0.902. The van der Waals surface area contributed by atoms with Crippen LogP contribution in [0.2, 0.25) is 0 Å². The molecule has 114 valence electrons. The number of hydrogen-bond donors (Lipinski definition) is 1. The number of β-amino-alcohol motifs (C(OH)–C–C–N with tert-alkyl or cyclic N) is 1. The summed E-state index contributed by atoms with van der Waals surface area (Å²) in [5, 5.41) is 10.7. The first-order valence-electron chi connectivity index (χ1n) is 7.61. The van der Waals surface area contributed by atoms with Gasteiger partial charge in [0.2, 0.25) is 0 Å². The third-order valence-corrected chi connectivity index (χ3v) is 4.29. The molecule has 5 heteroatoms. The van der Waals surface area contributed by atoms with Gasteiger partial charge in [-0.1, -0.05) is 30.3 Å². The molecule has 0 bridgehead atoms. The molecule has 2 saturated heterocycles. The maximum absolute atomic E-state index is 12.1. The highest BCUT2D eigenvalue weighted by molar-refractivity contribution is 5.77. The minimum Gasteiger partial charge on any atom is -0.389 e. The van der Waals surface area contributed by atoms with Crippen LogP contribution in [0.15, 0.2) is 30.3 Å². The highest BCUT2D eigenvalue weighted by atomic mass is 16.7. The van der Waals surface area contributed by atoms with E-state index in [1.807, 2.05) is 6.07 Å². The first kappa shape index (κ1) is 14.5. The largest absolute Gasteiger partial charge is 0.389 e. The molecule has 1 aromatic carbocycles. The smallest absolute Gasteiger partial charge is 0.260 e. The summed E-state index contributed by atoms with van der Waals surface area (Å²) in [7, 11) is 0. The van der Waals surface area contributed by atoms with Crippen molar-refractivity contribution >= 4 is 5.91 Å². The molecule has 3 rings (SSSR count). The predicted octanol–water partition coefficient (Wildman–Crippen LogP) is 1.00. The topological polar surface area (TPSA) is 53.0 Å². The molecular formula is C16H22N2O3. The van der Waals surface area contributed by atoms with Crippen LogP contribution in [0, 0.1) is 0 Å². The molecule has 1 aromatic rings. The van der Waals surface area contributed by atoms with E-state index in [0.29, 0.717) is 19.0 Å². The number of piperidine rings is 1. The maximum Gasteiger partial charge on any atom is 0.260 e. The average Bonchev–Trinajstić information content (AvgIpc) is 2.96. The van der Waals surface area contributed by atoms with Crippen LogP contribution < -0.4 is 0 Å². The lowest BCUT2D eigenvalue weighted by molar-refractivity contribution is -0.170. The first-order valence-corrected chi connectivity index (χ1v) is 7.61. The fraction of sp³-hybridized carbons (Fsp3) is 0.562. The van der Waals surface area contributed by atoms with Gasteiger partial charge in [-0.2, -0.15) is 0 Å². The van der Waals surface area contributed by atoms with Crippen molar-refractivity contribution in [3.63, 3.8) is 0 Å². The number of hydrogen-bond acceptors (Lipinski definition) is 4. The average molecular weight is 290 g/mol. The lowest BCUT2D eigenvalue weighted by atomic mass is 9.89. The molecule has 1 N–H and O–H groups in total. The molecule has 0 spiro atoms. The van der Waals surface area contributed by atoms with Crippen molar-refractivity contribution in [1.82, 2.24) is 9.96 Å². The highest BCUT2D eigenvalue weighted by Gasteiger charge is 2.28. The summed E-state index contributed by atoms with van der Waals surface area (Å²) in [6.45, 7) is 2.76. The molecule has 0 radical (unpaired) electrons. The number of amides is 1. The molecule has 2 heterocycles. The standard InChI is InChI=1S/C16H22N2O3/c19-15-10-18(21-12-15)16(20)11-17-8-6-14(7-9-17)13-4-2-1-3-5-13/h1-5,14-15,19H,6-12H2/t15-/m1/s1. The Hall–Kier alpha value is -1.43. The number of hydroxylamine groups is 2. The SMILES string of the molecule is O=C(CN1CCC(c2ccccc2)CC1)N1C[C@@H](O)CO1. The number of aliphatic hydroxyl groups is 1. The molecule has 1 atom stereocenters. The molecule has 21 heavy (non-hydrogen) atoms. The van der Waals surface area contributed by atoms with Gasteiger partial charge in [-0.05, 0) is 37.4 Å². The second-order valence-corrected chi connectivity index (χ2v) is 5.87. The zero-order valence-electron chi connectivity index (χ0n) is 12.1. The van der Waals surface area contributed by atoms with Crippen LogP contribution in [0.3, 0.4) is 0 Å². The van der Waals surface area contributed by atoms with Crippen LogP contribution >= 0.6 is 0 Å². The molecule has 0 unspecified atom stereocenters. The molecule has 1 amide bonds. The van der Waals surface area contributed by atoms with E-state index < -0.39 is 6.10 Å². The van der Waals surface area contributed by atoms with Gasteiger partial charge < -0.3 is 5.11 Å². The van der Waals surface area contributed by atoms with Gasteiger partial charge in [-0.25, -0.2) is 5.06 Å². The first-order chi connectivity index (χ1) is 10.2. The molecule has 0 saturated carbocycles. The summed E-state index contributed by atoms with van der Waals surface area (Å²) >= 11 is 0. The normalized spacial score (nSPS) is 24.4. The number of likely N-dealkylation sites (tertiary alicyclic amines) is 1. The fourth-order valence-corrected chi connectivity index (χ4v) is 3.07. The molecular weight excluding hydrogens is 268 g/mol. The molecule has 0 aromatic heterocycles. The van der Waals surface area contributed by atoms with Crippen LogP contribution in [0.1, 0.15) is 24.3 Å². The molecule has 2 aliphatic rings. The summed E-state index contributed by atoms with van der Waals surface area (Å²) in [4.78, 5) is 19.4. The monoisotopic (exact) mass is 290 g/mol. The van der Waals surface area contributed by atoms with Crippen molar-refractivity contribution in [3.05, 3.63) is 35.9 Å². The second-order valence-electron chi connectivity index (χ2n) is 5.87. The van der Waals surface area contributed by atoms with Crippen molar-refractivity contribution in [2.45, 2.75) is 24.9 Å². The minimum atomic E-state index is -0.544. The van der Waals surface area contributed by atoms with Crippen molar-refractivity contribution in [2.24, 2.45) is 0 Å². The van der Waals surface area contributed by atoms with Gasteiger partial charge >= 0.3 is 0 Å². The molecule has 0 aliphatic carbocycles. The van der Waals surface area contributed by atoms with Crippen LogP contribution in [0.25, 0.3) is 0 Å².